The number of benzene rings is 1. The fourth-order valence-electron chi connectivity index (χ4n) is 5.04. The van der Waals surface area contributed by atoms with E-state index in [4.69, 9.17) is 27.5 Å². The maximum Gasteiger partial charge on any atom is 0.323 e. The van der Waals surface area contributed by atoms with Crippen LogP contribution in [-0.4, -0.2) is 47.8 Å². The lowest BCUT2D eigenvalue weighted by atomic mass is 9.71. The molecule has 0 radical (unpaired) electrons. The molecule has 1 heterocycles. The number of aliphatic carboxylic acids is 1. The third kappa shape index (κ3) is 4.11. The molecule has 0 saturated carbocycles. The van der Waals surface area contributed by atoms with Crippen LogP contribution in [0.25, 0.3) is 0 Å². The van der Waals surface area contributed by atoms with Crippen LogP contribution >= 0.6 is 11.6 Å². The number of ether oxygens (including phenoxy) is 2. The zero-order chi connectivity index (χ0) is 23.7. The molecule has 2 aliphatic carbocycles. The van der Waals surface area contributed by atoms with Gasteiger partial charge < -0.3 is 19.5 Å². The van der Waals surface area contributed by atoms with Gasteiger partial charge in [-0.3, -0.25) is 14.4 Å². The Kier molecular flexibility index (Phi) is 6.48. The number of carbonyl (C=O) groups excluding carboxylic acids is 2. The zero-order valence-electron chi connectivity index (χ0n) is 18.3. The van der Waals surface area contributed by atoms with Crippen LogP contribution in [0.5, 0.6) is 11.5 Å². The highest BCUT2D eigenvalue weighted by atomic mass is 35.5. The number of terminal acetylenes is 1. The molecule has 0 unspecified atom stereocenters. The Morgan fingerprint density at radius 3 is 2.27 bits per heavy atom. The van der Waals surface area contributed by atoms with E-state index in [0.29, 0.717) is 72.4 Å². The van der Waals surface area contributed by atoms with Gasteiger partial charge in [-0.25, -0.2) is 0 Å². The predicted octanol–water partition coefficient (Wildman–Crippen LogP) is 3.86. The first-order valence-corrected chi connectivity index (χ1v) is 11.2. The maximum absolute atomic E-state index is 13.2. The van der Waals surface area contributed by atoms with Crippen molar-refractivity contribution in [1.82, 2.24) is 4.90 Å². The summed E-state index contributed by atoms with van der Waals surface area (Å²) >= 11 is 6.53. The van der Waals surface area contributed by atoms with Gasteiger partial charge in [-0.1, -0.05) is 17.5 Å². The van der Waals surface area contributed by atoms with Crippen molar-refractivity contribution in [1.29, 1.82) is 0 Å². The molecule has 0 fully saturated rings. The summed E-state index contributed by atoms with van der Waals surface area (Å²) in [4.78, 5) is 39.7. The number of hydrogen-bond donors (Lipinski definition) is 1. The molecule has 1 aromatic carbocycles. The van der Waals surface area contributed by atoms with Crippen LogP contribution in [0.2, 0.25) is 5.02 Å². The minimum atomic E-state index is -1.01. The van der Waals surface area contributed by atoms with Gasteiger partial charge in [0.1, 0.15) is 13.2 Å². The summed E-state index contributed by atoms with van der Waals surface area (Å²) in [6.07, 6.45) is 8.42. The Bertz CT molecular complexity index is 1100. The van der Waals surface area contributed by atoms with E-state index < -0.39 is 11.9 Å². The first-order chi connectivity index (χ1) is 15.9. The van der Waals surface area contributed by atoms with Crippen molar-refractivity contribution < 1.29 is 29.0 Å². The average molecular weight is 470 g/mol. The van der Waals surface area contributed by atoms with E-state index in [9.17, 15) is 19.5 Å². The van der Waals surface area contributed by atoms with E-state index in [0.717, 1.165) is 0 Å². The number of carbonyl (C=O) groups is 3. The largest absolute Gasteiger partial charge is 0.493 e. The van der Waals surface area contributed by atoms with Crippen LogP contribution in [0.1, 0.15) is 50.0 Å². The van der Waals surface area contributed by atoms with E-state index >= 15 is 0 Å². The second-order valence-corrected chi connectivity index (χ2v) is 8.62. The van der Waals surface area contributed by atoms with Crippen molar-refractivity contribution in [3.63, 3.8) is 0 Å². The number of Topliss-reactive ketones (excluding diaryl/α,β-unsaturated/α-hetero) is 2. The summed E-state index contributed by atoms with van der Waals surface area (Å²) in [6.45, 7) is -0.279. The normalized spacial score (nSPS) is 18.6. The monoisotopic (exact) mass is 469 g/mol. The van der Waals surface area contributed by atoms with E-state index in [2.05, 4.69) is 5.92 Å². The number of methoxy groups -OCH3 is 1. The molecule has 1 aliphatic heterocycles. The summed E-state index contributed by atoms with van der Waals surface area (Å²) in [5.74, 6) is 1.22. The van der Waals surface area contributed by atoms with Crippen molar-refractivity contribution >= 4 is 29.1 Å². The van der Waals surface area contributed by atoms with Gasteiger partial charge in [-0.2, -0.15) is 0 Å². The molecule has 3 aliphatic rings. The van der Waals surface area contributed by atoms with Gasteiger partial charge in [-0.15, -0.1) is 6.42 Å². The number of ketones is 2. The minimum absolute atomic E-state index is 0.00454. The smallest absolute Gasteiger partial charge is 0.323 e. The molecule has 0 aromatic heterocycles. The van der Waals surface area contributed by atoms with Gasteiger partial charge in [0, 0.05) is 41.3 Å². The number of rotatable bonds is 6. The van der Waals surface area contributed by atoms with E-state index in [1.54, 1.807) is 17.0 Å². The first kappa shape index (κ1) is 22.9. The summed E-state index contributed by atoms with van der Waals surface area (Å²) in [5, 5.41) is 9.80. The Morgan fingerprint density at radius 1 is 1.15 bits per heavy atom. The molecule has 8 heteroatoms. The Balaban J connectivity index is 1.94. The van der Waals surface area contributed by atoms with Gasteiger partial charge in [0.25, 0.3) is 0 Å². The molecule has 4 rings (SSSR count). The van der Waals surface area contributed by atoms with Gasteiger partial charge in [0.2, 0.25) is 0 Å². The topological polar surface area (TPSA) is 93.1 Å². The van der Waals surface area contributed by atoms with Gasteiger partial charge in [0.15, 0.2) is 23.1 Å². The van der Waals surface area contributed by atoms with Crippen molar-refractivity contribution in [3.05, 3.63) is 45.3 Å². The molecule has 0 amide bonds. The fourth-order valence-corrected chi connectivity index (χ4v) is 5.31. The van der Waals surface area contributed by atoms with Crippen molar-refractivity contribution in [3.8, 4) is 23.8 Å². The maximum atomic E-state index is 13.2. The summed E-state index contributed by atoms with van der Waals surface area (Å²) < 4.78 is 11.0. The number of hydrogen-bond acceptors (Lipinski definition) is 6. The standard InChI is InChI=1S/C25H24ClNO6/c1-3-10-33-25-15(26)11-14(12-20(25)32-2)22-23-16(6-4-8-18(23)28)27(13-21(30)31)17-7-5-9-19(29)24(17)22/h1,11-12,22H,4-10,13H2,2H3,(H,30,31). The number of allylic oxidation sites excluding steroid dienone is 4. The molecule has 0 bridgehead atoms. The molecular formula is C25H24ClNO6. The fraction of sp³-hybridized carbons (Fsp3) is 0.400. The molecule has 0 saturated heterocycles. The van der Waals surface area contributed by atoms with Gasteiger partial charge in [-0.05, 0) is 43.4 Å². The van der Waals surface area contributed by atoms with Gasteiger partial charge in [0.05, 0.1) is 12.1 Å². The Hall–Kier alpha value is -3.24. The molecule has 1 N–H and O–H groups in total. The van der Waals surface area contributed by atoms with E-state index in [1.807, 2.05) is 0 Å². The summed E-state index contributed by atoms with van der Waals surface area (Å²) in [6, 6.07) is 3.39. The number of halogens is 1. The lowest BCUT2D eigenvalue weighted by Crippen LogP contribution is -2.41. The van der Waals surface area contributed by atoms with E-state index in [-0.39, 0.29) is 35.5 Å². The quantitative estimate of drug-likeness (QED) is 0.632. The number of carboxylic acid groups (broad SMARTS) is 1. The van der Waals surface area contributed by atoms with Crippen LogP contribution in [-0.2, 0) is 14.4 Å². The highest BCUT2D eigenvalue weighted by molar-refractivity contribution is 6.32. The summed E-state index contributed by atoms with van der Waals surface area (Å²) in [5.41, 5.74) is 2.97. The molecule has 7 nitrogen and oxygen atoms in total. The molecular weight excluding hydrogens is 446 g/mol. The van der Waals surface area contributed by atoms with Crippen LogP contribution < -0.4 is 9.47 Å². The highest BCUT2D eigenvalue weighted by Crippen LogP contribution is 2.51. The SMILES string of the molecule is C#CCOc1c(Cl)cc(C2C3=C(CCCC3=O)N(CC(=O)O)C3=C2C(=O)CCC3)cc1OC. The highest BCUT2D eigenvalue weighted by Gasteiger charge is 2.44. The van der Waals surface area contributed by atoms with Crippen LogP contribution in [0.4, 0.5) is 0 Å². The third-order valence-corrected chi connectivity index (χ3v) is 6.55. The van der Waals surface area contributed by atoms with Crippen molar-refractivity contribution in [2.75, 3.05) is 20.3 Å². The summed E-state index contributed by atoms with van der Waals surface area (Å²) in [7, 11) is 1.47. The molecule has 0 spiro atoms. The molecule has 172 valence electrons. The molecule has 1 aromatic rings. The Morgan fingerprint density at radius 2 is 1.76 bits per heavy atom. The predicted molar refractivity (Wildman–Crippen MR) is 121 cm³/mol. The Labute approximate surface area is 197 Å². The second kappa shape index (κ2) is 9.32. The average Bonchev–Trinajstić information content (AvgIpc) is 2.78. The van der Waals surface area contributed by atoms with Crippen molar-refractivity contribution in [2.45, 2.75) is 44.4 Å². The number of nitrogens with zero attached hydrogens (tertiary/aromatic N) is 1. The van der Waals surface area contributed by atoms with E-state index in [1.165, 1.54) is 7.11 Å². The van der Waals surface area contributed by atoms with Crippen LogP contribution in [0, 0.1) is 12.3 Å². The minimum Gasteiger partial charge on any atom is -0.493 e. The number of carboxylic acids is 1. The first-order valence-electron chi connectivity index (χ1n) is 10.8. The molecule has 33 heavy (non-hydrogen) atoms. The van der Waals surface area contributed by atoms with Crippen LogP contribution in [0.3, 0.4) is 0 Å². The zero-order valence-corrected chi connectivity index (χ0v) is 19.0. The second-order valence-electron chi connectivity index (χ2n) is 8.21. The lowest BCUT2D eigenvalue weighted by Gasteiger charge is -2.43. The lowest BCUT2D eigenvalue weighted by molar-refractivity contribution is -0.138. The van der Waals surface area contributed by atoms with Gasteiger partial charge >= 0.3 is 5.97 Å². The third-order valence-electron chi connectivity index (χ3n) is 6.26. The van der Waals surface area contributed by atoms with Crippen molar-refractivity contribution in [2.24, 2.45) is 0 Å². The molecule has 0 atom stereocenters. The van der Waals surface area contributed by atoms with Crippen LogP contribution in [0.15, 0.2) is 34.7 Å².